The zero-order valence-electron chi connectivity index (χ0n) is 26.6. The molecule has 0 spiro atoms. The van der Waals surface area contributed by atoms with Crippen molar-refractivity contribution in [2.45, 2.75) is 148 Å². The fourth-order valence-electron chi connectivity index (χ4n) is 5.58. The highest BCUT2D eigenvalue weighted by Gasteiger charge is 2.46. The van der Waals surface area contributed by atoms with E-state index in [2.05, 4.69) is 27.2 Å². The molecule has 3 heterocycles. The van der Waals surface area contributed by atoms with E-state index in [1.54, 1.807) is 13.8 Å². The van der Waals surface area contributed by atoms with E-state index in [9.17, 15) is 19.8 Å². The monoisotopic (exact) mass is 605 g/mol. The molecule has 0 aliphatic carbocycles. The number of fused-ring (bicyclic) bond motifs is 1. The first-order valence-electron chi connectivity index (χ1n) is 16.7. The quantitative estimate of drug-likeness (QED) is 0.126. The Morgan fingerprint density at radius 2 is 1.56 bits per heavy atom. The average Bonchev–Trinajstić information content (AvgIpc) is 3.55. The number of aliphatic hydroxyl groups is 2. The molecule has 43 heavy (non-hydrogen) atoms. The minimum Gasteiger partial charge on any atom is -0.394 e. The number of carbonyl (C=O) groups is 1. The molecule has 1 saturated heterocycles. The Bertz CT molecular complexity index is 1140. The maximum absolute atomic E-state index is 12.6. The molecule has 2 aromatic heterocycles. The van der Waals surface area contributed by atoms with E-state index in [4.69, 9.17) is 9.47 Å². The fourth-order valence-corrected chi connectivity index (χ4v) is 5.58. The van der Waals surface area contributed by atoms with Crippen molar-refractivity contribution >= 4 is 23.0 Å². The standard InChI is InChI=1S/C32H55N5O6/c1-4-5-6-7-8-9-10-11-12-13-14-15-16-17-18-19-20-42-27-26(39)24(21-38)43-31(27)37-22-33-25-28(37)34-32(36-30(25)41)35-29(40)23(2)3/h22-24,26-27,31,38-39H,4-21H2,1-3H3,(H2,34,35,36,40,41)/t24-,26?,27?,31-/m1/s1. The van der Waals surface area contributed by atoms with E-state index in [0.717, 1.165) is 19.3 Å². The van der Waals surface area contributed by atoms with Crippen molar-refractivity contribution in [2.24, 2.45) is 5.92 Å². The second-order valence-electron chi connectivity index (χ2n) is 12.3. The second-order valence-corrected chi connectivity index (χ2v) is 12.3. The number of hydrogen-bond donors (Lipinski definition) is 4. The van der Waals surface area contributed by atoms with Crippen LogP contribution in [0.5, 0.6) is 0 Å². The first-order chi connectivity index (χ1) is 20.9. The third-order valence-corrected chi connectivity index (χ3v) is 8.27. The summed E-state index contributed by atoms with van der Waals surface area (Å²) in [5, 5.41) is 23.2. The number of nitrogens with one attached hydrogen (secondary N) is 2. The lowest BCUT2D eigenvalue weighted by molar-refractivity contribution is -0.118. The summed E-state index contributed by atoms with van der Waals surface area (Å²) in [6, 6.07) is 0. The van der Waals surface area contributed by atoms with Crippen LogP contribution in [0.4, 0.5) is 5.95 Å². The number of rotatable bonds is 22. The van der Waals surface area contributed by atoms with Crippen molar-refractivity contribution in [3.63, 3.8) is 0 Å². The van der Waals surface area contributed by atoms with E-state index >= 15 is 0 Å². The van der Waals surface area contributed by atoms with E-state index < -0.39 is 30.1 Å². The number of carbonyl (C=O) groups excluding carboxylic acids is 1. The number of hydrogen-bond acceptors (Lipinski definition) is 8. The third kappa shape index (κ3) is 11.0. The second kappa shape index (κ2) is 19.1. The molecule has 0 bridgehead atoms. The van der Waals surface area contributed by atoms with E-state index in [-0.39, 0.29) is 35.5 Å². The Kier molecular flexibility index (Phi) is 15.6. The molecule has 1 aliphatic rings. The van der Waals surface area contributed by atoms with E-state index in [1.165, 1.54) is 94.4 Å². The Labute approximate surface area is 256 Å². The van der Waals surface area contributed by atoms with Crippen molar-refractivity contribution in [3.05, 3.63) is 16.7 Å². The Balaban J connectivity index is 1.39. The largest absolute Gasteiger partial charge is 0.394 e. The van der Waals surface area contributed by atoms with Crippen LogP contribution in [-0.4, -0.2) is 67.2 Å². The van der Waals surface area contributed by atoms with Gasteiger partial charge in [0.15, 0.2) is 17.4 Å². The molecule has 0 aromatic carbocycles. The number of aliphatic hydroxyl groups excluding tert-OH is 2. The summed E-state index contributed by atoms with van der Waals surface area (Å²) in [6.07, 6.45) is 18.5. The van der Waals surface area contributed by atoms with Crippen LogP contribution in [0, 0.1) is 5.92 Å². The summed E-state index contributed by atoms with van der Waals surface area (Å²) < 4.78 is 13.5. The number of unbranched alkanes of at least 4 members (excludes halogenated alkanes) is 15. The van der Waals surface area contributed by atoms with Crippen LogP contribution in [0.15, 0.2) is 11.1 Å². The van der Waals surface area contributed by atoms with Gasteiger partial charge in [-0.15, -0.1) is 0 Å². The van der Waals surface area contributed by atoms with Gasteiger partial charge in [0, 0.05) is 12.5 Å². The van der Waals surface area contributed by atoms with Crippen LogP contribution >= 0.6 is 0 Å². The highest BCUT2D eigenvalue weighted by molar-refractivity contribution is 5.91. The normalized spacial score (nSPS) is 20.4. The molecule has 2 unspecified atom stereocenters. The van der Waals surface area contributed by atoms with Gasteiger partial charge in [-0.1, -0.05) is 117 Å². The van der Waals surface area contributed by atoms with Gasteiger partial charge in [0.05, 0.1) is 12.9 Å². The maximum atomic E-state index is 12.6. The molecule has 1 fully saturated rings. The van der Waals surface area contributed by atoms with Crippen LogP contribution in [0.3, 0.4) is 0 Å². The van der Waals surface area contributed by atoms with Crippen LogP contribution in [0.2, 0.25) is 0 Å². The zero-order chi connectivity index (χ0) is 31.0. The molecular formula is C32H55N5O6. The van der Waals surface area contributed by atoms with Crippen LogP contribution in [0.1, 0.15) is 130 Å². The van der Waals surface area contributed by atoms with Gasteiger partial charge in [0.25, 0.3) is 5.56 Å². The number of aromatic amines is 1. The Morgan fingerprint density at radius 3 is 2.09 bits per heavy atom. The summed E-state index contributed by atoms with van der Waals surface area (Å²) in [7, 11) is 0. The molecule has 244 valence electrons. The Morgan fingerprint density at radius 1 is 1.00 bits per heavy atom. The van der Waals surface area contributed by atoms with Gasteiger partial charge in [-0.3, -0.25) is 24.5 Å². The predicted molar refractivity (Wildman–Crippen MR) is 168 cm³/mol. The highest BCUT2D eigenvalue weighted by Crippen LogP contribution is 2.33. The number of nitrogens with zero attached hydrogens (tertiary/aromatic N) is 3. The molecule has 1 aliphatic heterocycles. The molecule has 11 heteroatoms. The molecule has 1 amide bonds. The summed E-state index contributed by atoms with van der Waals surface area (Å²) in [5.74, 6) is -0.589. The van der Waals surface area contributed by atoms with Crippen molar-refractivity contribution in [1.82, 2.24) is 19.5 Å². The maximum Gasteiger partial charge on any atom is 0.280 e. The molecule has 4 N–H and O–H groups in total. The van der Waals surface area contributed by atoms with Crippen molar-refractivity contribution < 1.29 is 24.5 Å². The summed E-state index contributed by atoms with van der Waals surface area (Å²) in [5.41, 5.74) is -0.245. The van der Waals surface area contributed by atoms with Crippen LogP contribution < -0.4 is 10.9 Å². The molecule has 2 aromatic rings. The number of H-pyrrole nitrogens is 1. The van der Waals surface area contributed by atoms with Gasteiger partial charge in [0.2, 0.25) is 11.9 Å². The van der Waals surface area contributed by atoms with Crippen molar-refractivity contribution in [2.75, 3.05) is 18.5 Å². The Hall–Kier alpha value is -2.34. The number of anilines is 1. The van der Waals surface area contributed by atoms with Gasteiger partial charge in [-0.25, -0.2) is 4.98 Å². The van der Waals surface area contributed by atoms with Gasteiger partial charge in [-0.2, -0.15) is 4.98 Å². The first-order valence-corrected chi connectivity index (χ1v) is 16.7. The molecule has 11 nitrogen and oxygen atoms in total. The van der Waals surface area contributed by atoms with E-state index in [1.807, 2.05) is 0 Å². The molecule has 3 rings (SSSR count). The smallest absolute Gasteiger partial charge is 0.280 e. The third-order valence-electron chi connectivity index (χ3n) is 8.27. The molecule has 0 saturated carbocycles. The lowest BCUT2D eigenvalue weighted by Crippen LogP contribution is -2.35. The lowest BCUT2D eigenvalue weighted by Gasteiger charge is -2.22. The highest BCUT2D eigenvalue weighted by atomic mass is 16.6. The number of amides is 1. The fraction of sp³-hybridized carbons (Fsp3) is 0.812. The van der Waals surface area contributed by atoms with Gasteiger partial charge >= 0.3 is 0 Å². The summed E-state index contributed by atoms with van der Waals surface area (Å²) >= 11 is 0. The molecule has 4 atom stereocenters. The van der Waals surface area contributed by atoms with Crippen LogP contribution in [0.25, 0.3) is 11.2 Å². The predicted octanol–water partition coefficient (Wildman–Crippen LogP) is 5.61. The van der Waals surface area contributed by atoms with Gasteiger partial charge < -0.3 is 19.7 Å². The van der Waals surface area contributed by atoms with Crippen LogP contribution in [-0.2, 0) is 14.3 Å². The number of ether oxygens (including phenoxy) is 2. The van der Waals surface area contributed by atoms with Crippen molar-refractivity contribution in [3.8, 4) is 0 Å². The van der Waals surface area contributed by atoms with Gasteiger partial charge in [0.1, 0.15) is 18.3 Å². The first kappa shape index (κ1) is 35.1. The SMILES string of the molecule is CCCCCCCCCCCCCCCCCCOC1C(O)[C@@H](CO)O[C@H]1n1cnc2c(=O)[nH]c(NC(=O)C(C)C)nc21. The summed E-state index contributed by atoms with van der Waals surface area (Å²) in [6.45, 7) is 5.79. The average molecular weight is 606 g/mol. The zero-order valence-corrected chi connectivity index (χ0v) is 26.6. The molecular weight excluding hydrogens is 550 g/mol. The number of aromatic nitrogens is 4. The molecule has 0 radical (unpaired) electrons. The van der Waals surface area contributed by atoms with E-state index in [0.29, 0.717) is 6.61 Å². The lowest BCUT2D eigenvalue weighted by atomic mass is 10.0. The topological polar surface area (TPSA) is 152 Å². The summed E-state index contributed by atoms with van der Waals surface area (Å²) in [4.78, 5) is 35.9. The minimum atomic E-state index is -1.06. The van der Waals surface area contributed by atoms with Crippen molar-refractivity contribution in [1.29, 1.82) is 0 Å². The minimum absolute atomic E-state index is 0.000776. The van der Waals surface area contributed by atoms with Gasteiger partial charge in [-0.05, 0) is 6.42 Å². The number of imidazole rings is 1.